The number of halogens is 2. The molecule has 200 valence electrons. The molecule has 13 heteroatoms. The summed E-state index contributed by atoms with van der Waals surface area (Å²) in [5, 5.41) is 2.43. The number of hydrogen-bond donors (Lipinski definition) is 1. The Morgan fingerprint density at radius 3 is 2.31 bits per heavy atom. The summed E-state index contributed by atoms with van der Waals surface area (Å²) in [6.07, 6.45) is 0.348. The summed E-state index contributed by atoms with van der Waals surface area (Å²) >= 11 is 0. The lowest BCUT2D eigenvalue weighted by atomic mass is 10.0. The summed E-state index contributed by atoms with van der Waals surface area (Å²) < 4.78 is 62.1. The maximum atomic E-state index is 14.4. The molecular formula is C23H31F2N3O7S. The van der Waals surface area contributed by atoms with Crippen molar-refractivity contribution >= 4 is 27.7 Å². The fraction of sp³-hybridized carbons (Fsp3) is 0.609. The van der Waals surface area contributed by atoms with E-state index in [1.54, 1.807) is 30.6 Å². The van der Waals surface area contributed by atoms with Crippen molar-refractivity contribution in [1.29, 1.82) is 0 Å². The lowest BCUT2D eigenvalue weighted by Gasteiger charge is -2.36. The van der Waals surface area contributed by atoms with Gasteiger partial charge in [-0.1, -0.05) is 0 Å². The molecule has 10 nitrogen and oxygen atoms in total. The smallest absolute Gasteiger partial charge is 0.408 e. The number of amides is 3. The maximum absolute atomic E-state index is 14.4. The Bertz CT molecular complexity index is 1130. The second-order valence-corrected chi connectivity index (χ2v) is 11.9. The van der Waals surface area contributed by atoms with Gasteiger partial charge in [0.1, 0.15) is 22.9 Å². The Hall–Kier alpha value is -2.96. The minimum Gasteiger partial charge on any atom is -0.477 e. The minimum absolute atomic E-state index is 0.150. The third kappa shape index (κ3) is 6.83. The Kier molecular flexibility index (Phi) is 8.11. The van der Waals surface area contributed by atoms with E-state index in [0.29, 0.717) is 44.6 Å². The van der Waals surface area contributed by atoms with Gasteiger partial charge < -0.3 is 24.6 Å². The first-order chi connectivity index (χ1) is 16.7. The van der Waals surface area contributed by atoms with Gasteiger partial charge in [0.15, 0.2) is 27.5 Å². The predicted molar refractivity (Wildman–Crippen MR) is 124 cm³/mol. The van der Waals surface area contributed by atoms with Gasteiger partial charge in [-0.3, -0.25) is 9.59 Å². The fourth-order valence-corrected chi connectivity index (χ4v) is 4.92. The normalized spacial score (nSPS) is 19.4. The zero-order valence-corrected chi connectivity index (χ0v) is 21.5. The summed E-state index contributed by atoms with van der Waals surface area (Å²) in [5.74, 6) is -3.40. The molecule has 0 bridgehead atoms. The molecule has 0 aliphatic carbocycles. The van der Waals surface area contributed by atoms with Gasteiger partial charge in [0.05, 0.1) is 0 Å². The highest BCUT2D eigenvalue weighted by Gasteiger charge is 2.39. The van der Waals surface area contributed by atoms with Gasteiger partial charge in [-0.2, -0.15) is 0 Å². The number of likely N-dealkylation sites (tertiary alicyclic amines) is 2. The quantitative estimate of drug-likeness (QED) is 0.595. The number of benzene rings is 1. The van der Waals surface area contributed by atoms with Gasteiger partial charge >= 0.3 is 6.09 Å². The highest BCUT2D eigenvalue weighted by Crippen LogP contribution is 2.29. The Morgan fingerprint density at radius 2 is 1.72 bits per heavy atom. The van der Waals surface area contributed by atoms with E-state index in [0.717, 1.165) is 6.26 Å². The van der Waals surface area contributed by atoms with Crippen molar-refractivity contribution < 1.29 is 41.1 Å². The first-order valence-corrected chi connectivity index (χ1v) is 13.5. The van der Waals surface area contributed by atoms with Crippen LogP contribution < -0.4 is 10.1 Å². The van der Waals surface area contributed by atoms with Crippen LogP contribution in [0, 0.1) is 11.6 Å². The van der Waals surface area contributed by atoms with E-state index in [1.807, 2.05) is 0 Å². The van der Waals surface area contributed by atoms with Crippen LogP contribution in [0.25, 0.3) is 0 Å². The zero-order chi connectivity index (χ0) is 26.8. The van der Waals surface area contributed by atoms with Gasteiger partial charge in [-0.15, -0.1) is 0 Å². The molecule has 1 atom stereocenters. The molecule has 1 aromatic rings. The van der Waals surface area contributed by atoms with Crippen LogP contribution in [0.1, 0.15) is 40.0 Å². The number of nitrogens with zero attached hydrogens (tertiary/aromatic N) is 2. The molecule has 1 N–H and O–H groups in total. The molecule has 0 radical (unpaired) electrons. The number of hydrogen-bond acceptors (Lipinski definition) is 7. The first kappa shape index (κ1) is 27.6. The highest BCUT2D eigenvalue weighted by atomic mass is 32.2. The van der Waals surface area contributed by atoms with Crippen molar-refractivity contribution in [3.8, 4) is 5.75 Å². The van der Waals surface area contributed by atoms with Crippen LogP contribution in [0.15, 0.2) is 17.0 Å². The Balaban J connectivity index is 1.52. The van der Waals surface area contributed by atoms with Gasteiger partial charge in [0.2, 0.25) is 5.91 Å². The molecule has 2 saturated heterocycles. The molecule has 0 aromatic heterocycles. The van der Waals surface area contributed by atoms with Crippen LogP contribution in [0.3, 0.4) is 0 Å². The van der Waals surface area contributed by atoms with Crippen molar-refractivity contribution in [3.63, 3.8) is 0 Å². The molecule has 1 unspecified atom stereocenters. The summed E-state index contributed by atoms with van der Waals surface area (Å²) in [6, 6.07) is 1.03. The number of ether oxygens (including phenoxy) is 2. The van der Waals surface area contributed by atoms with Crippen molar-refractivity contribution in [2.45, 2.75) is 62.7 Å². The summed E-state index contributed by atoms with van der Waals surface area (Å²) in [5.41, 5.74) is -0.672. The molecule has 3 amide bonds. The molecule has 3 rings (SSSR count). The highest BCUT2D eigenvalue weighted by molar-refractivity contribution is 7.90. The van der Waals surface area contributed by atoms with Crippen molar-refractivity contribution in [1.82, 2.24) is 15.1 Å². The molecule has 2 fully saturated rings. The first-order valence-electron chi connectivity index (χ1n) is 11.6. The number of carbonyl (C=O) groups excluding carboxylic acids is 3. The SMILES string of the molecule is CC(C)(C)OC(=O)NCC(=O)N1CCC(N2CCC(Oc3cc(F)c(S(C)(=O)=O)cc3F)C2=O)CC1. The largest absolute Gasteiger partial charge is 0.477 e. The lowest BCUT2D eigenvalue weighted by Crippen LogP contribution is -2.50. The molecule has 2 aliphatic rings. The number of piperidine rings is 1. The molecule has 36 heavy (non-hydrogen) atoms. The number of carbonyl (C=O) groups is 3. The van der Waals surface area contributed by atoms with Gasteiger partial charge in [-0.05, 0) is 39.7 Å². The van der Waals surface area contributed by atoms with E-state index >= 15 is 0 Å². The number of rotatable bonds is 6. The Labute approximate surface area is 208 Å². The van der Waals surface area contributed by atoms with Gasteiger partial charge in [0.25, 0.3) is 5.91 Å². The molecule has 1 aromatic carbocycles. The van der Waals surface area contributed by atoms with Crippen LogP contribution in [-0.2, 0) is 24.2 Å². The monoisotopic (exact) mass is 531 g/mol. The summed E-state index contributed by atoms with van der Waals surface area (Å²) in [7, 11) is -3.96. The minimum atomic E-state index is -3.96. The fourth-order valence-electron chi connectivity index (χ4n) is 4.19. The van der Waals surface area contributed by atoms with E-state index in [-0.39, 0.29) is 30.8 Å². The summed E-state index contributed by atoms with van der Waals surface area (Å²) in [4.78, 5) is 39.5. The van der Waals surface area contributed by atoms with E-state index < -0.39 is 49.9 Å². The molecule has 0 saturated carbocycles. The van der Waals surface area contributed by atoms with Crippen LogP contribution in [0.5, 0.6) is 5.75 Å². The topological polar surface area (TPSA) is 122 Å². The molecular weight excluding hydrogens is 500 g/mol. The van der Waals surface area contributed by atoms with Gasteiger partial charge in [0, 0.05) is 44.4 Å². The standard InChI is InChI=1S/C23H31F2N3O7S/c1-23(2,3)35-22(31)26-13-20(29)27-8-5-14(6-9-27)28-10-7-17(21(28)30)34-18-11-16(25)19(12-15(18)24)36(4,32)33/h11-12,14,17H,5-10,13H2,1-4H3,(H,26,31). The van der Waals surface area contributed by atoms with Gasteiger partial charge in [-0.25, -0.2) is 22.0 Å². The van der Waals surface area contributed by atoms with Crippen LogP contribution in [-0.4, -0.2) is 86.3 Å². The maximum Gasteiger partial charge on any atom is 0.408 e. The van der Waals surface area contributed by atoms with E-state index in [2.05, 4.69) is 5.32 Å². The third-order valence-corrected chi connectivity index (χ3v) is 7.00. The van der Waals surface area contributed by atoms with Crippen molar-refractivity contribution in [2.75, 3.05) is 32.4 Å². The van der Waals surface area contributed by atoms with Crippen LogP contribution in [0.4, 0.5) is 13.6 Å². The number of nitrogens with one attached hydrogen (secondary N) is 1. The van der Waals surface area contributed by atoms with Crippen LogP contribution in [0.2, 0.25) is 0 Å². The zero-order valence-electron chi connectivity index (χ0n) is 20.7. The Morgan fingerprint density at radius 1 is 1.08 bits per heavy atom. The number of sulfone groups is 1. The molecule has 0 spiro atoms. The number of alkyl carbamates (subject to hydrolysis) is 1. The van der Waals surface area contributed by atoms with Crippen molar-refractivity contribution in [3.05, 3.63) is 23.8 Å². The second-order valence-electron chi connectivity index (χ2n) is 9.88. The average molecular weight is 532 g/mol. The predicted octanol–water partition coefficient (Wildman–Crippen LogP) is 1.86. The third-order valence-electron chi connectivity index (χ3n) is 5.89. The second kappa shape index (κ2) is 10.6. The van der Waals surface area contributed by atoms with Crippen molar-refractivity contribution in [2.24, 2.45) is 0 Å². The van der Waals surface area contributed by atoms with E-state index in [1.165, 1.54) is 0 Å². The average Bonchev–Trinajstić information content (AvgIpc) is 3.12. The lowest BCUT2D eigenvalue weighted by molar-refractivity contribution is -0.137. The van der Waals surface area contributed by atoms with E-state index in [9.17, 15) is 31.6 Å². The van der Waals surface area contributed by atoms with Crippen LogP contribution >= 0.6 is 0 Å². The summed E-state index contributed by atoms with van der Waals surface area (Å²) in [6.45, 7) is 6.10. The molecule has 2 aliphatic heterocycles. The molecule has 2 heterocycles. The van der Waals surface area contributed by atoms with E-state index in [4.69, 9.17) is 9.47 Å².